The van der Waals surface area contributed by atoms with Crippen LogP contribution in [0.25, 0.3) is 0 Å². The maximum absolute atomic E-state index is 11.1. The molecule has 5 nitrogen and oxygen atoms in total. The molecule has 1 N–H and O–H groups in total. The molecule has 0 bridgehead atoms. The normalized spacial score (nSPS) is 26.4. The van der Waals surface area contributed by atoms with E-state index in [1.54, 1.807) is 0 Å². The van der Waals surface area contributed by atoms with Crippen LogP contribution in [0.5, 0.6) is 0 Å². The van der Waals surface area contributed by atoms with Crippen LogP contribution < -0.4 is 0 Å². The third-order valence-electron chi connectivity index (χ3n) is 2.29. The van der Waals surface area contributed by atoms with Crippen molar-refractivity contribution in [2.45, 2.75) is 26.2 Å². The van der Waals surface area contributed by atoms with Crippen LogP contribution >= 0.6 is 0 Å². The van der Waals surface area contributed by atoms with Crippen LogP contribution in [0.4, 0.5) is 0 Å². The molecule has 0 radical (unpaired) electrons. The summed E-state index contributed by atoms with van der Waals surface area (Å²) in [6.45, 7) is 1.87. The first-order valence-electron chi connectivity index (χ1n) is 4.53. The average Bonchev–Trinajstić information content (AvgIpc) is 2.31. The van der Waals surface area contributed by atoms with Gasteiger partial charge in [0.05, 0.1) is 18.3 Å². The lowest BCUT2D eigenvalue weighted by Gasteiger charge is -2.09. The second-order valence-corrected chi connectivity index (χ2v) is 3.34. The molecule has 5 heteroatoms. The van der Waals surface area contributed by atoms with Crippen LogP contribution in [0.2, 0.25) is 0 Å². The van der Waals surface area contributed by atoms with Crippen molar-refractivity contribution < 1.29 is 24.2 Å². The summed E-state index contributed by atoms with van der Waals surface area (Å²) in [6.07, 6.45) is 0.904. The van der Waals surface area contributed by atoms with Gasteiger partial charge in [0, 0.05) is 0 Å². The standard InChI is InChI=1S/C9H12O5/c1-2-3-5-6(4-7(10)11)9(13)14-8(5)12/h5-6H,2-4H2,1H3,(H,10,11). The van der Waals surface area contributed by atoms with E-state index in [1.165, 1.54) is 0 Å². The van der Waals surface area contributed by atoms with Crippen LogP contribution in [0.1, 0.15) is 26.2 Å². The summed E-state index contributed by atoms with van der Waals surface area (Å²) in [5, 5.41) is 8.54. The molecule has 1 saturated heterocycles. The molecule has 1 aliphatic rings. The highest BCUT2D eigenvalue weighted by Crippen LogP contribution is 2.30. The summed E-state index contributed by atoms with van der Waals surface area (Å²) in [5.74, 6) is -3.72. The Morgan fingerprint density at radius 3 is 2.43 bits per heavy atom. The van der Waals surface area contributed by atoms with E-state index in [2.05, 4.69) is 4.74 Å². The number of carbonyl (C=O) groups is 3. The Bertz CT molecular complexity index is 270. The lowest BCUT2D eigenvalue weighted by molar-refractivity contribution is -0.155. The second kappa shape index (κ2) is 4.21. The second-order valence-electron chi connectivity index (χ2n) is 3.34. The monoisotopic (exact) mass is 200 g/mol. The first-order chi connectivity index (χ1) is 6.56. The van der Waals surface area contributed by atoms with Crippen molar-refractivity contribution in [3.63, 3.8) is 0 Å². The fourth-order valence-corrected chi connectivity index (χ4v) is 1.62. The summed E-state index contributed by atoms with van der Waals surface area (Å²) in [6, 6.07) is 0. The van der Waals surface area contributed by atoms with Gasteiger partial charge in [-0.05, 0) is 6.42 Å². The maximum Gasteiger partial charge on any atom is 0.318 e. The van der Waals surface area contributed by atoms with E-state index in [9.17, 15) is 14.4 Å². The first-order valence-corrected chi connectivity index (χ1v) is 4.53. The third kappa shape index (κ3) is 2.10. The zero-order valence-corrected chi connectivity index (χ0v) is 7.86. The van der Waals surface area contributed by atoms with Crippen molar-refractivity contribution in [3.8, 4) is 0 Å². The smallest absolute Gasteiger partial charge is 0.318 e. The van der Waals surface area contributed by atoms with Crippen molar-refractivity contribution in [1.82, 2.24) is 0 Å². The Labute approximate surface area is 81.0 Å². The third-order valence-corrected chi connectivity index (χ3v) is 2.29. The van der Waals surface area contributed by atoms with Gasteiger partial charge >= 0.3 is 17.9 Å². The summed E-state index contributed by atoms with van der Waals surface area (Å²) in [4.78, 5) is 32.7. The lowest BCUT2D eigenvalue weighted by atomic mass is 9.88. The minimum Gasteiger partial charge on any atom is -0.481 e. The summed E-state index contributed by atoms with van der Waals surface area (Å²) >= 11 is 0. The molecule has 0 spiro atoms. The molecule has 0 aromatic carbocycles. The maximum atomic E-state index is 11.1. The van der Waals surface area contributed by atoms with Crippen LogP contribution in [-0.4, -0.2) is 23.0 Å². The summed E-state index contributed by atoms with van der Waals surface area (Å²) < 4.78 is 4.40. The number of hydrogen-bond donors (Lipinski definition) is 1. The predicted octanol–water partition coefficient (Wildman–Crippen LogP) is 0.577. The van der Waals surface area contributed by atoms with Crippen LogP contribution in [0.3, 0.4) is 0 Å². The zero-order valence-electron chi connectivity index (χ0n) is 7.86. The molecule has 1 aliphatic heterocycles. The Morgan fingerprint density at radius 2 is 1.93 bits per heavy atom. The SMILES string of the molecule is CCCC1C(=O)OC(=O)C1CC(=O)O. The van der Waals surface area contributed by atoms with E-state index < -0.39 is 29.7 Å². The first kappa shape index (κ1) is 10.7. The minimum atomic E-state index is -1.08. The van der Waals surface area contributed by atoms with E-state index >= 15 is 0 Å². The van der Waals surface area contributed by atoms with Crippen molar-refractivity contribution in [2.75, 3.05) is 0 Å². The van der Waals surface area contributed by atoms with E-state index in [1.807, 2.05) is 6.92 Å². The highest BCUT2D eigenvalue weighted by Gasteiger charge is 2.44. The Balaban J connectivity index is 2.72. The molecule has 78 valence electrons. The number of esters is 2. The quantitative estimate of drug-likeness (QED) is 0.530. The highest BCUT2D eigenvalue weighted by molar-refractivity contribution is 5.97. The number of carbonyl (C=O) groups excluding carboxylic acids is 2. The Kier molecular flexibility index (Phi) is 3.22. The van der Waals surface area contributed by atoms with Crippen molar-refractivity contribution in [3.05, 3.63) is 0 Å². The topological polar surface area (TPSA) is 80.7 Å². The van der Waals surface area contributed by atoms with Gasteiger partial charge in [-0.25, -0.2) is 0 Å². The van der Waals surface area contributed by atoms with Crippen LogP contribution in [-0.2, 0) is 19.1 Å². The van der Waals surface area contributed by atoms with Gasteiger partial charge in [-0.2, -0.15) is 0 Å². The van der Waals surface area contributed by atoms with Gasteiger partial charge < -0.3 is 9.84 Å². The number of aliphatic carboxylic acids is 1. The van der Waals surface area contributed by atoms with Gasteiger partial charge in [-0.1, -0.05) is 13.3 Å². The highest BCUT2D eigenvalue weighted by atomic mass is 16.6. The number of carboxylic acids is 1. The molecule has 0 amide bonds. The number of carboxylic acid groups (broad SMARTS) is 1. The van der Waals surface area contributed by atoms with Gasteiger partial charge in [0.2, 0.25) is 0 Å². The Morgan fingerprint density at radius 1 is 1.36 bits per heavy atom. The molecule has 0 saturated carbocycles. The van der Waals surface area contributed by atoms with Gasteiger partial charge in [-0.15, -0.1) is 0 Å². The van der Waals surface area contributed by atoms with Crippen LogP contribution in [0.15, 0.2) is 0 Å². The Hall–Kier alpha value is -1.39. The van der Waals surface area contributed by atoms with Gasteiger partial charge in [0.25, 0.3) is 0 Å². The summed E-state index contributed by atoms with van der Waals surface area (Å²) in [5.41, 5.74) is 0. The van der Waals surface area contributed by atoms with Gasteiger partial charge in [0.15, 0.2) is 0 Å². The number of hydrogen-bond acceptors (Lipinski definition) is 4. The molecule has 2 atom stereocenters. The van der Waals surface area contributed by atoms with E-state index in [4.69, 9.17) is 5.11 Å². The molecule has 1 rings (SSSR count). The molecule has 0 aliphatic carbocycles. The minimum absolute atomic E-state index is 0.324. The fraction of sp³-hybridized carbons (Fsp3) is 0.667. The average molecular weight is 200 g/mol. The van der Waals surface area contributed by atoms with E-state index in [-0.39, 0.29) is 6.42 Å². The summed E-state index contributed by atoms with van der Waals surface area (Å²) in [7, 11) is 0. The molecular formula is C9H12O5. The fourth-order valence-electron chi connectivity index (χ4n) is 1.62. The lowest BCUT2D eigenvalue weighted by Crippen LogP contribution is -2.20. The molecule has 0 aromatic rings. The molecule has 1 heterocycles. The molecular weight excluding hydrogens is 188 g/mol. The molecule has 0 aromatic heterocycles. The number of rotatable bonds is 4. The molecule has 2 unspecified atom stereocenters. The van der Waals surface area contributed by atoms with Crippen molar-refractivity contribution in [2.24, 2.45) is 11.8 Å². The largest absolute Gasteiger partial charge is 0.481 e. The van der Waals surface area contributed by atoms with Crippen molar-refractivity contribution in [1.29, 1.82) is 0 Å². The van der Waals surface area contributed by atoms with Gasteiger partial charge in [-0.3, -0.25) is 14.4 Å². The number of ether oxygens (including phenoxy) is 1. The number of cyclic esters (lactones) is 2. The zero-order chi connectivity index (χ0) is 10.7. The van der Waals surface area contributed by atoms with Crippen molar-refractivity contribution >= 4 is 17.9 Å². The van der Waals surface area contributed by atoms with Gasteiger partial charge in [0.1, 0.15) is 0 Å². The molecule has 1 fully saturated rings. The van der Waals surface area contributed by atoms with E-state index in [0.717, 1.165) is 6.42 Å². The predicted molar refractivity (Wildman–Crippen MR) is 45.2 cm³/mol. The van der Waals surface area contributed by atoms with E-state index in [0.29, 0.717) is 6.42 Å². The molecule has 14 heavy (non-hydrogen) atoms. The van der Waals surface area contributed by atoms with Crippen LogP contribution in [0, 0.1) is 11.8 Å².